The lowest BCUT2D eigenvalue weighted by Crippen LogP contribution is -2.46. The number of likely N-dealkylation sites (N-methyl/N-ethyl adjacent to an activating group) is 1. The van der Waals surface area contributed by atoms with E-state index in [0.717, 1.165) is 49.9 Å². The fourth-order valence-corrected chi connectivity index (χ4v) is 2.76. The molecule has 1 aliphatic heterocycles. The van der Waals surface area contributed by atoms with Crippen molar-refractivity contribution in [1.29, 1.82) is 0 Å². The number of hydrogen-bond donors (Lipinski definition) is 0. The van der Waals surface area contributed by atoms with Crippen LogP contribution in [0.1, 0.15) is 17.9 Å². The van der Waals surface area contributed by atoms with Crippen molar-refractivity contribution >= 4 is 23.2 Å². The molecule has 1 fully saturated rings. The van der Waals surface area contributed by atoms with Crippen molar-refractivity contribution in [3.05, 3.63) is 34.9 Å². The normalized spacial score (nSPS) is 19.9. The Bertz CT molecular complexity index is 359. The van der Waals surface area contributed by atoms with Crippen LogP contribution in [0.4, 0.5) is 0 Å². The highest BCUT2D eigenvalue weighted by atomic mass is 35.5. The molecule has 1 saturated heterocycles. The second kappa shape index (κ2) is 6.76. The number of benzene rings is 1. The average Bonchev–Trinajstić information content (AvgIpc) is 2.40. The van der Waals surface area contributed by atoms with Gasteiger partial charge in [0.15, 0.2) is 0 Å². The lowest BCUT2D eigenvalue weighted by Gasteiger charge is -2.35. The van der Waals surface area contributed by atoms with Crippen LogP contribution in [0.3, 0.4) is 0 Å². The molecule has 1 aliphatic rings. The maximum absolute atomic E-state index is 6.46. The minimum absolute atomic E-state index is 0.0513. The summed E-state index contributed by atoms with van der Waals surface area (Å²) in [5, 5.41) is 0.814. The molecular weight excluding hydrogens is 267 g/mol. The van der Waals surface area contributed by atoms with Gasteiger partial charge in [-0.25, -0.2) is 0 Å². The number of hydrogen-bond acceptors (Lipinski definition) is 2. The summed E-state index contributed by atoms with van der Waals surface area (Å²) in [7, 11) is 0. The van der Waals surface area contributed by atoms with Gasteiger partial charge in [0, 0.05) is 37.7 Å². The maximum atomic E-state index is 6.46. The van der Waals surface area contributed by atoms with Gasteiger partial charge in [-0.1, -0.05) is 30.7 Å². The molecule has 0 spiro atoms. The topological polar surface area (TPSA) is 6.48 Å². The molecule has 4 heteroatoms. The van der Waals surface area contributed by atoms with Crippen LogP contribution in [0.15, 0.2) is 24.3 Å². The Morgan fingerprint density at radius 3 is 2.17 bits per heavy atom. The molecule has 18 heavy (non-hydrogen) atoms. The zero-order chi connectivity index (χ0) is 13.0. The molecule has 0 radical (unpaired) electrons. The van der Waals surface area contributed by atoms with Crippen LogP contribution < -0.4 is 0 Å². The van der Waals surface area contributed by atoms with Crippen LogP contribution in [-0.4, -0.2) is 49.1 Å². The van der Waals surface area contributed by atoms with Crippen molar-refractivity contribution in [1.82, 2.24) is 9.80 Å². The Morgan fingerprint density at radius 2 is 1.61 bits per heavy atom. The molecule has 1 unspecified atom stereocenters. The van der Waals surface area contributed by atoms with Crippen molar-refractivity contribution in [3.63, 3.8) is 0 Å². The van der Waals surface area contributed by atoms with Gasteiger partial charge in [0.1, 0.15) is 0 Å². The molecule has 1 aromatic rings. The monoisotopic (exact) mass is 286 g/mol. The van der Waals surface area contributed by atoms with Crippen LogP contribution in [-0.2, 0) is 0 Å². The third kappa shape index (κ3) is 3.86. The lowest BCUT2D eigenvalue weighted by atomic mass is 10.1. The predicted molar refractivity (Wildman–Crippen MR) is 78.6 cm³/mol. The molecule has 0 saturated carbocycles. The summed E-state index contributed by atoms with van der Waals surface area (Å²) in [6.07, 6.45) is 0. The highest BCUT2D eigenvalue weighted by Crippen LogP contribution is 2.23. The van der Waals surface area contributed by atoms with E-state index in [-0.39, 0.29) is 5.38 Å². The van der Waals surface area contributed by atoms with E-state index in [2.05, 4.69) is 16.7 Å². The third-order valence-corrected chi connectivity index (χ3v) is 4.20. The highest BCUT2D eigenvalue weighted by molar-refractivity contribution is 6.30. The predicted octanol–water partition coefficient (Wildman–Crippen LogP) is 3.26. The van der Waals surface area contributed by atoms with Gasteiger partial charge in [0.05, 0.1) is 5.38 Å². The van der Waals surface area contributed by atoms with Crippen molar-refractivity contribution in [2.75, 3.05) is 39.3 Å². The summed E-state index contributed by atoms with van der Waals surface area (Å²) >= 11 is 12.3. The minimum Gasteiger partial charge on any atom is -0.301 e. The highest BCUT2D eigenvalue weighted by Gasteiger charge is 2.18. The van der Waals surface area contributed by atoms with E-state index in [0.29, 0.717) is 0 Å². The van der Waals surface area contributed by atoms with Crippen LogP contribution in [0.5, 0.6) is 0 Å². The van der Waals surface area contributed by atoms with Crippen molar-refractivity contribution in [2.24, 2.45) is 0 Å². The number of nitrogens with zero attached hydrogens (tertiary/aromatic N) is 2. The smallest absolute Gasteiger partial charge is 0.0712 e. The second-order valence-corrected chi connectivity index (χ2v) is 5.72. The Morgan fingerprint density at radius 1 is 1.06 bits per heavy atom. The zero-order valence-electron chi connectivity index (χ0n) is 10.8. The van der Waals surface area contributed by atoms with Crippen molar-refractivity contribution < 1.29 is 0 Å². The molecule has 2 nitrogen and oxygen atoms in total. The van der Waals surface area contributed by atoms with Gasteiger partial charge < -0.3 is 4.90 Å². The van der Waals surface area contributed by atoms with E-state index >= 15 is 0 Å². The minimum atomic E-state index is 0.0513. The first-order valence-corrected chi connectivity index (χ1v) is 7.34. The molecule has 1 heterocycles. The summed E-state index contributed by atoms with van der Waals surface area (Å²) in [6.45, 7) is 8.82. The van der Waals surface area contributed by atoms with Gasteiger partial charge in [0.25, 0.3) is 0 Å². The Balaban J connectivity index is 1.84. The van der Waals surface area contributed by atoms with Gasteiger partial charge in [-0.2, -0.15) is 0 Å². The third-order valence-electron chi connectivity index (χ3n) is 3.56. The Hall–Kier alpha value is -0.280. The van der Waals surface area contributed by atoms with Gasteiger partial charge in [-0.05, 0) is 24.2 Å². The summed E-state index contributed by atoms with van der Waals surface area (Å²) in [4.78, 5) is 4.92. The van der Waals surface area contributed by atoms with Gasteiger partial charge >= 0.3 is 0 Å². The molecule has 0 N–H and O–H groups in total. The number of rotatable bonds is 4. The molecule has 0 amide bonds. The van der Waals surface area contributed by atoms with E-state index in [1.54, 1.807) is 0 Å². The standard InChI is InChI=1S/C14H20Cl2N2/c1-2-17-7-9-18(10-8-17)11-14(16)12-3-5-13(15)6-4-12/h3-6,14H,2,7-11H2,1H3. The average molecular weight is 287 g/mol. The SMILES string of the molecule is CCN1CCN(CC(Cl)c2ccc(Cl)cc2)CC1. The first-order valence-electron chi connectivity index (χ1n) is 6.53. The first-order chi connectivity index (χ1) is 8.69. The van der Waals surface area contributed by atoms with E-state index in [1.807, 2.05) is 24.3 Å². The largest absolute Gasteiger partial charge is 0.301 e. The molecule has 1 atom stereocenters. The maximum Gasteiger partial charge on any atom is 0.0712 e. The molecular formula is C14H20Cl2N2. The zero-order valence-corrected chi connectivity index (χ0v) is 12.3. The van der Waals surface area contributed by atoms with Crippen LogP contribution in [0, 0.1) is 0 Å². The number of halogens is 2. The van der Waals surface area contributed by atoms with E-state index < -0.39 is 0 Å². The summed E-state index contributed by atoms with van der Waals surface area (Å²) in [5.74, 6) is 0. The molecule has 0 aliphatic carbocycles. The van der Waals surface area contributed by atoms with E-state index in [1.165, 1.54) is 0 Å². The Labute approximate surface area is 119 Å². The Kier molecular flexibility index (Phi) is 5.31. The van der Waals surface area contributed by atoms with Crippen molar-refractivity contribution in [3.8, 4) is 0 Å². The lowest BCUT2D eigenvalue weighted by molar-refractivity contribution is 0.137. The fourth-order valence-electron chi connectivity index (χ4n) is 2.29. The van der Waals surface area contributed by atoms with Crippen LogP contribution in [0.25, 0.3) is 0 Å². The van der Waals surface area contributed by atoms with Crippen LogP contribution in [0.2, 0.25) is 5.02 Å². The van der Waals surface area contributed by atoms with Gasteiger partial charge in [-0.3, -0.25) is 4.90 Å². The van der Waals surface area contributed by atoms with Gasteiger partial charge in [0.2, 0.25) is 0 Å². The number of piperazine rings is 1. The van der Waals surface area contributed by atoms with Crippen molar-refractivity contribution in [2.45, 2.75) is 12.3 Å². The second-order valence-electron chi connectivity index (χ2n) is 4.75. The summed E-state index contributed by atoms with van der Waals surface area (Å²) < 4.78 is 0. The summed E-state index contributed by atoms with van der Waals surface area (Å²) in [5.41, 5.74) is 1.15. The quantitative estimate of drug-likeness (QED) is 0.784. The van der Waals surface area contributed by atoms with E-state index in [4.69, 9.17) is 23.2 Å². The van der Waals surface area contributed by atoms with Crippen LogP contribution >= 0.6 is 23.2 Å². The fraction of sp³-hybridized carbons (Fsp3) is 0.571. The number of alkyl halides is 1. The summed E-state index contributed by atoms with van der Waals surface area (Å²) in [6, 6.07) is 7.84. The molecule has 1 aromatic carbocycles. The first kappa shape index (κ1) is 14.1. The molecule has 0 aromatic heterocycles. The van der Waals surface area contributed by atoms with Gasteiger partial charge in [-0.15, -0.1) is 11.6 Å². The van der Waals surface area contributed by atoms with E-state index in [9.17, 15) is 0 Å². The molecule has 2 rings (SSSR count). The molecule has 100 valence electrons. The molecule has 0 bridgehead atoms.